The monoisotopic (exact) mass is 178 g/mol. The lowest BCUT2D eigenvalue weighted by molar-refractivity contribution is -0.122. The van der Waals surface area contributed by atoms with Crippen molar-refractivity contribution in [3.8, 4) is 0 Å². The number of carbonyl (C=O) groups is 1. The second-order valence-corrected chi connectivity index (χ2v) is 3.59. The van der Waals surface area contributed by atoms with Gasteiger partial charge in [0, 0.05) is 18.8 Å². The van der Waals surface area contributed by atoms with Crippen molar-refractivity contribution in [2.75, 3.05) is 0 Å². The van der Waals surface area contributed by atoms with E-state index in [-0.39, 0.29) is 6.04 Å². The zero-order valence-corrected chi connectivity index (χ0v) is 7.65. The van der Waals surface area contributed by atoms with Crippen molar-refractivity contribution in [2.45, 2.75) is 38.1 Å². The fraction of sp³-hybridized carbons (Fsp3) is 0.600. The molecule has 0 radical (unpaired) electrons. The molecule has 0 aromatic carbocycles. The van der Waals surface area contributed by atoms with Crippen molar-refractivity contribution in [2.24, 2.45) is 0 Å². The van der Waals surface area contributed by atoms with Crippen LogP contribution in [0.5, 0.6) is 0 Å². The molecule has 1 unspecified atom stereocenters. The molecule has 1 aliphatic carbocycles. The molecule has 3 nitrogen and oxygen atoms in total. The molecule has 1 fully saturated rings. The summed E-state index contributed by atoms with van der Waals surface area (Å²) in [6.45, 7) is 0. The van der Waals surface area contributed by atoms with Gasteiger partial charge >= 0.3 is 0 Å². The second kappa shape index (κ2) is 3.73. The number of ketones is 1. The smallest absolute Gasteiger partial charge is 0.155 e. The van der Waals surface area contributed by atoms with E-state index in [0.29, 0.717) is 5.78 Å². The van der Waals surface area contributed by atoms with Gasteiger partial charge in [-0.25, -0.2) is 4.98 Å². The zero-order valence-electron chi connectivity index (χ0n) is 7.65. The van der Waals surface area contributed by atoms with Gasteiger partial charge in [-0.15, -0.1) is 0 Å². The minimum atomic E-state index is 0.0602. The normalized spacial score (nSPS) is 24.3. The van der Waals surface area contributed by atoms with E-state index in [2.05, 4.69) is 4.98 Å². The Morgan fingerprint density at radius 1 is 1.38 bits per heavy atom. The summed E-state index contributed by atoms with van der Waals surface area (Å²) in [7, 11) is 0. The SMILES string of the molecule is O=C1CCCCCC1n1ccnc1. The average Bonchev–Trinajstić information content (AvgIpc) is 2.56. The first-order valence-electron chi connectivity index (χ1n) is 4.88. The minimum absolute atomic E-state index is 0.0602. The highest BCUT2D eigenvalue weighted by Gasteiger charge is 2.21. The summed E-state index contributed by atoms with van der Waals surface area (Å²) in [6, 6.07) is 0.0602. The van der Waals surface area contributed by atoms with Crippen LogP contribution in [0.15, 0.2) is 18.7 Å². The molecule has 0 saturated heterocycles. The quantitative estimate of drug-likeness (QED) is 0.616. The summed E-state index contributed by atoms with van der Waals surface area (Å²) in [5.41, 5.74) is 0. The maximum absolute atomic E-state index is 11.7. The van der Waals surface area contributed by atoms with Crippen LogP contribution < -0.4 is 0 Å². The fourth-order valence-corrected chi connectivity index (χ4v) is 1.91. The third-order valence-corrected chi connectivity index (χ3v) is 2.66. The van der Waals surface area contributed by atoms with Crippen LogP contribution in [0.3, 0.4) is 0 Å². The predicted molar refractivity (Wildman–Crippen MR) is 49.4 cm³/mol. The van der Waals surface area contributed by atoms with Gasteiger partial charge in [0.15, 0.2) is 5.78 Å². The zero-order chi connectivity index (χ0) is 9.10. The van der Waals surface area contributed by atoms with Gasteiger partial charge in [0.1, 0.15) is 0 Å². The summed E-state index contributed by atoms with van der Waals surface area (Å²) in [5, 5.41) is 0. The van der Waals surface area contributed by atoms with Crippen LogP contribution in [0, 0.1) is 0 Å². The molecule has 1 atom stereocenters. The third kappa shape index (κ3) is 1.79. The van der Waals surface area contributed by atoms with Gasteiger partial charge in [-0.05, 0) is 12.8 Å². The molecule has 1 saturated carbocycles. The fourth-order valence-electron chi connectivity index (χ4n) is 1.91. The van der Waals surface area contributed by atoms with Crippen molar-refractivity contribution >= 4 is 5.78 Å². The van der Waals surface area contributed by atoms with Crippen molar-refractivity contribution in [3.63, 3.8) is 0 Å². The second-order valence-electron chi connectivity index (χ2n) is 3.59. The van der Waals surface area contributed by atoms with Crippen LogP contribution in [-0.2, 0) is 4.79 Å². The van der Waals surface area contributed by atoms with E-state index in [1.54, 1.807) is 12.5 Å². The molecule has 0 aliphatic heterocycles. The standard InChI is InChI=1S/C10H14N2O/c13-10-5-3-1-2-4-9(10)12-7-6-11-8-12/h6-9H,1-5H2. The molecule has 0 bridgehead atoms. The van der Waals surface area contributed by atoms with Gasteiger partial charge in [0.05, 0.1) is 12.4 Å². The van der Waals surface area contributed by atoms with E-state index in [1.165, 1.54) is 6.42 Å². The highest BCUT2D eigenvalue weighted by Crippen LogP contribution is 2.23. The van der Waals surface area contributed by atoms with Crippen molar-refractivity contribution in [1.82, 2.24) is 9.55 Å². The van der Waals surface area contributed by atoms with Crippen LogP contribution in [-0.4, -0.2) is 15.3 Å². The molecular weight excluding hydrogens is 164 g/mol. The van der Waals surface area contributed by atoms with Crippen LogP contribution in [0.1, 0.15) is 38.1 Å². The van der Waals surface area contributed by atoms with E-state index < -0.39 is 0 Å². The number of imidazole rings is 1. The Labute approximate surface area is 77.8 Å². The highest BCUT2D eigenvalue weighted by atomic mass is 16.1. The topological polar surface area (TPSA) is 34.9 Å². The van der Waals surface area contributed by atoms with Crippen LogP contribution in [0.25, 0.3) is 0 Å². The first-order valence-corrected chi connectivity index (χ1v) is 4.88. The Morgan fingerprint density at radius 2 is 2.31 bits per heavy atom. The number of nitrogens with zero attached hydrogens (tertiary/aromatic N) is 2. The van der Waals surface area contributed by atoms with E-state index in [0.717, 1.165) is 25.7 Å². The molecule has 1 heterocycles. The first kappa shape index (κ1) is 8.48. The van der Waals surface area contributed by atoms with Crippen molar-refractivity contribution < 1.29 is 4.79 Å². The van der Waals surface area contributed by atoms with Crippen molar-refractivity contribution in [3.05, 3.63) is 18.7 Å². The van der Waals surface area contributed by atoms with Crippen LogP contribution in [0.4, 0.5) is 0 Å². The van der Waals surface area contributed by atoms with E-state index in [1.807, 2.05) is 10.8 Å². The number of hydrogen-bond donors (Lipinski definition) is 0. The number of aromatic nitrogens is 2. The van der Waals surface area contributed by atoms with E-state index in [4.69, 9.17) is 0 Å². The first-order chi connectivity index (χ1) is 6.38. The predicted octanol–water partition coefficient (Wildman–Crippen LogP) is 1.96. The third-order valence-electron chi connectivity index (χ3n) is 2.66. The van der Waals surface area contributed by atoms with Crippen LogP contribution >= 0.6 is 0 Å². The van der Waals surface area contributed by atoms with Gasteiger partial charge < -0.3 is 4.57 Å². The maximum atomic E-state index is 11.7. The summed E-state index contributed by atoms with van der Waals surface area (Å²) in [4.78, 5) is 15.6. The summed E-state index contributed by atoms with van der Waals surface area (Å²) >= 11 is 0. The molecule has 0 amide bonds. The lowest BCUT2D eigenvalue weighted by atomic mass is 10.1. The van der Waals surface area contributed by atoms with E-state index >= 15 is 0 Å². The Hall–Kier alpha value is -1.12. The maximum Gasteiger partial charge on any atom is 0.155 e. The van der Waals surface area contributed by atoms with Crippen molar-refractivity contribution in [1.29, 1.82) is 0 Å². The minimum Gasteiger partial charge on any atom is -0.327 e. The molecule has 0 N–H and O–H groups in total. The number of Topliss-reactive ketones (excluding diaryl/α,β-unsaturated/α-hetero) is 1. The van der Waals surface area contributed by atoms with Gasteiger partial charge in [0.2, 0.25) is 0 Å². The molecule has 0 spiro atoms. The number of rotatable bonds is 1. The van der Waals surface area contributed by atoms with Gasteiger partial charge in [0.25, 0.3) is 0 Å². The highest BCUT2D eigenvalue weighted by molar-refractivity contribution is 5.82. The molecule has 2 rings (SSSR count). The summed E-state index contributed by atoms with van der Waals surface area (Å²) in [6.07, 6.45) is 10.5. The molecule has 1 aromatic heterocycles. The Morgan fingerprint density at radius 3 is 3.08 bits per heavy atom. The molecule has 1 aromatic rings. The molecular formula is C10H14N2O. The molecule has 13 heavy (non-hydrogen) atoms. The molecule has 3 heteroatoms. The summed E-state index contributed by atoms with van der Waals surface area (Å²) < 4.78 is 1.94. The van der Waals surface area contributed by atoms with Gasteiger partial charge in [-0.1, -0.05) is 12.8 Å². The Kier molecular flexibility index (Phi) is 2.43. The lowest BCUT2D eigenvalue weighted by Crippen LogP contribution is -2.16. The Bertz CT molecular complexity index is 279. The number of hydrogen-bond acceptors (Lipinski definition) is 2. The largest absolute Gasteiger partial charge is 0.327 e. The van der Waals surface area contributed by atoms with Gasteiger partial charge in [-0.3, -0.25) is 4.79 Å². The summed E-state index contributed by atoms with van der Waals surface area (Å²) in [5.74, 6) is 0.371. The molecule has 70 valence electrons. The molecule has 1 aliphatic rings. The number of carbonyl (C=O) groups excluding carboxylic acids is 1. The van der Waals surface area contributed by atoms with Gasteiger partial charge in [-0.2, -0.15) is 0 Å². The Balaban J connectivity index is 2.16. The average molecular weight is 178 g/mol. The lowest BCUT2D eigenvalue weighted by Gasteiger charge is -2.13. The van der Waals surface area contributed by atoms with E-state index in [9.17, 15) is 4.79 Å². The van der Waals surface area contributed by atoms with Crippen LogP contribution in [0.2, 0.25) is 0 Å².